The number of amides is 5. The summed E-state index contributed by atoms with van der Waals surface area (Å²) in [5.74, 6) is -0.258. The van der Waals surface area contributed by atoms with Crippen molar-refractivity contribution < 1.29 is 52.8 Å². The van der Waals surface area contributed by atoms with Crippen molar-refractivity contribution in [2.24, 2.45) is 0 Å². The first kappa shape index (κ1) is 55.2. The van der Waals surface area contributed by atoms with E-state index in [0.29, 0.717) is 30.8 Å². The molecule has 6 rings (SSSR count). The fourth-order valence-corrected chi connectivity index (χ4v) is 6.59. The van der Waals surface area contributed by atoms with Crippen LogP contribution in [0.15, 0.2) is 66.7 Å². The van der Waals surface area contributed by atoms with Crippen molar-refractivity contribution in [3.8, 4) is 0 Å². The monoisotopic (exact) mass is 969 g/mol. The predicted octanol–water partition coefficient (Wildman–Crippen LogP) is 7.40. The van der Waals surface area contributed by atoms with E-state index in [-0.39, 0.29) is 65.7 Å². The smallest absolute Gasteiger partial charge is 0.407 e. The Labute approximate surface area is 398 Å². The highest BCUT2D eigenvalue weighted by Crippen LogP contribution is 2.27. The van der Waals surface area contributed by atoms with Gasteiger partial charge in [0.05, 0.1) is 22.7 Å². The van der Waals surface area contributed by atoms with E-state index < -0.39 is 51.0 Å². The number of nitrogens with zero attached hydrogens (tertiary/aromatic N) is 5. The zero-order chi connectivity index (χ0) is 51.1. The summed E-state index contributed by atoms with van der Waals surface area (Å²) < 4.78 is 15.4. The number of ether oxygens (including phenoxy) is 3. The second-order valence-corrected chi connectivity index (χ2v) is 19.1. The summed E-state index contributed by atoms with van der Waals surface area (Å²) in [7, 11) is 0. The molecule has 2 aliphatic heterocycles. The Hall–Kier alpha value is -7.10. The maximum Gasteiger partial charge on any atom is 0.407 e. The molecule has 23 heteroatoms. The molecule has 3 aliphatic rings. The number of non-ortho nitro benzene ring substituents is 1. The average Bonchev–Trinajstić information content (AvgIpc) is 3.89. The van der Waals surface area contributed by atoms with Gasteiger partial charge >= 0.3 is 24.1 Å². The molecule has 0 bridgehead atoms. The van der Waals surface area contributed by atoms with Crippen LogP contribution in [0.2, 0.25) is 5.15 Å². The van der Waals surface area contributed by atoms with Crippen LogP contribution in [0.25, 0.3) is 0 Å². The van der Waals surface area contributed by atoms with Crippen molar-refractivity contribution in [3.05, 3.63) is 92.1 Å². The SMILES string of the molecule is CC(C)(C)OC(=O)NC1CC(=O)N(c2cccc(N)c2)C1.CC(C)(C)OC(=O)NC1CC(=O)N(c2cccc([N+](=O)[O-])c2)C1.CC(C)(C)OC(=O)NC1CCC(=O)C1.O=[N+]([O-])c1cccc(Cl)n1. The quantitative estimate of drug-likeness (QED) is 0.0589. The molecule has 5 N–H and O–H groups in total. The normalized spacial score (nSPS) is 17.8. The number of pyridine rings is 1. The number of alkyl carbamates (subject to hydrolysis) is 3. The second-order valence-electron chi connectivity index (χ2n) is 18.7. The molecule has 3 heterocycles. The molecule has 2 aromatic carbocycles. The Balaban J connectivity index is 0.000000251. The Morgan fingerprint density at radius 2 is 1.10 bits per heavy atom. The number of carbonyl (C=O) groups excluding carboxylic acids is 6. The number of hydrogen-bond donors (Lipinski definition) is 4. The Morgan fingerprint density at radius 1 is 0.662 bits per heavy atom. The van der Waals surface area contributed by atoms with E-state index in [9.17, 15) is 49.0 Å². The third-order valence-electron chi connectivity index (χ3n) is 9.08. The van der Waals surface area contributed by atoms with Gasteiger partial charge in [0.25, 0.3) is 5.69 Å². The minimum atomic E-state index is -0.619. The van der Waals surface area contributed by atoms with E-state index in [0.717, 1.165) is 12.1 Å². The largest absolute Gasteiger partial charge is 0.444 e. The van der Waals surface area contributed by atoms with E-state index in [1.807, 2.05) is 26.8 Å². The fraction of sp³-hybridized carbons (Fsp3) is 0.489. The van der Waals surface area contributed by atoms with Gasteiger partial charge in [0.2, 0.25) is 17.0 Å². The second kappa shape index (κ2) is 24.1. The van der Waals surface area contributed by atoms with Gasteiger partial charge in [-0.2, -0.15) is 0 Å². The number of aromatic nitrogens is 1. The third kappa shape index (κ3) is 20.2. The van der Waals surface area contributed by atoms with Gasteiger partial charge < -0.3 is 55.8 Å². The van der Waals surface area contributed by atoms with Crippen LogP contribution in [0.3, 0.4) is 0 Å². The number of nitro groups is 2. The van der Waals surface area contributed by atoms with Crippen LogP contribution >= 0.6 is 11.6 Å². The summed E-state index contributed by atoms with van der Waals surface area (Å²) in [6, 6.07) is 16.5. The maximum absolute atomic E-state index is 12.1. The zero-order valence-electron chi connectivity index (χ0n) is 39.5. The molecular formula is C45H60ClN9O13. The van der Waals surface area contributed by atoms with E-state index in [1.165, 1.54) is 41.3 Å². The Morgan fingerprint density at radius 3 is 1.49 bits per heavy atom. The number of halogens is 1. The van der Waals surface area contributed by atoms with Gasteiger partial charge in [0.1, 0.15) is 22.6 Å². The van der Waals surface area contributed by atoms with Crippen LogP contribution in [0, 0.1) is 20.2 Å². The Bertz CT molecular complexity index is 2310. The molecule has 3 atom stereocenters. The molecule has 0 radical (unpaired) electrons. The lowest BCUT2D eigenvalue weighted by Crippen LogP contribution is -2.40. The van der Waals surface area contributed by atoms with Crippen LogP contribution in [0.5, 0.6) is 0 Å². The van der Waals surface area contributed by atoms with Gasteiger partial charge in [-0.15, -0.1) is 0 Å². The number of hydrogen-bond acceptors (Lipinski definition) is 15. The lowest BCUT2D eigenvalue weighted by molar-refractivity contribution is -0.389. The zero-order valence-corrected chi connectivity index (χ0v) is 40.3. The summed E-state index contributed by atoms with van der Waals surface area (Å²) in [4.78, 5) is 96.1. The summed E-state index contributed by atoms with van der Waals surface area (Å²) in [5.41, 5.74) is 5.78. The molecule has 3 unspecified atom stereocenters. The number of ketones is 1. The van der Waals surface area contributed by atoms with Crippen molar-refractivity contribution in [2.75, 3.05) is 28.6 Å². The van der Waals surface area contributed by atoms with Gasteiger partial charge in [-0.3, -0.25) is 24.5 Å². The van der Waals surface area contributed by atoms with Crippen LogP contribution in [0.4, 0.5) is 43.0 Å². The number of nitrogen functional groups attached to an aromatic ring is 1. The Kier molecular flexibility index (Phi) is 19.6. The number of nitrogens with two attached hydrogens (primary N) is 1. The summed E-state index contributed by atoms with van der Waals surface area (Å²) in [5, 5.41) is 29.0. The van der Waals surface area contributed by atoms with Crippen LogP contribution in [-0.4, -0.2) is 98.7 Å². The summed E-state index contributed by atoms with van der Waals surface area (Å²) >= 11 is 5.37. The molecule has 1 saturated carbocycles. The van der Waals surface area contributed by atoms with Gasteiger partial charge in [0, 0.05) is 80.5 Å². The van der Waals surface area contributed by atoms with Crippen LogP contribution in [0.1, 0.15) is 94.4 Å². The van der Waals surface area contributed by atoms with Gasteiger partial charge in [-0.05, 0) is 121 Å². The molecular weight excluding hydrogens is 910 g/mol. The molecule has 5 amide bonds. The van der Waals surface area contributed by atoms with Crippen LogP contribution < -0.4 is 31.5 Å². The lowest BCUT2D eigenvalue weighted by atomic mass is 10.2. The topological polar surface area (TPSA) is 298 Å². The summed E-state index contributed by atoms with van der Waals surface area (Å²) in [6.45, 7) is 16.7. The van der Waals surface area contributed by atoms with Gasteiger partial charge in [-0.1, -0.05) is 12.1 Å². The van der Waals surface area contributed by atoms with Crippen molar-refractivity contribution in [2.45, 2.75) is 129 Å². The lowest BCUT2D eigenvalue weighted by Gasteiger charge is -2.22. The molecule has 3 fully saturated rings. The minimum absolute atomic E-state index is 0.0302. The van der Waals surface area contributed by atoms with Crippen LogP contribution in [-0.2, 0) is 28.6 Å². The van der Waals surface area contributed by atoms with E-state index in [2.05, 4.69) is 20.9 Å². The van der Waals surface area contributed by atoms with Gasteiger partial charge in [0.15, 0.2) is 0 Å². The number of benzene rings is 2. The molecule has 22 nitrogen and oxygen atoms in total. The fourth-order valence-electron chi connectivity index (χ4n) is 6.43. The van der Waals surface area contributed by atoms with Gasteiger partial charge in [-0.25, -0.2) is 14.4 Å². The molecule has 1 aromatic heterocycles. The first-order chi connectivity index (χ1) is 31.5. The van der Waals surface area contributed by atoms with Crippen molar-refractivity contribution in [1.29, 1.82) is 0 Å². The predicted molar refractivity (Wildman–Crippen MR) is 252 cm³/mol. The van der Waals surface area contributed by atoms with Crippen molar-refractivity contribution in [1.82, 2.24) is 20.9 Å². The van der Waals surface area contributed by atoms with E-state index in [4.69, 9.17) is 31.5 Å². The highest BCUT2D eigenvalue weighted by atomic mass is 35.5. The van der Waals surface area contributed by atoms with E-state index in [1.54, 1.807) is 70.7 Å². The highest BCUT2D eigenvalue weighted by molar-refractivity contribution is 6.29. The maximum atomic E-state index is 12.1. The number of rotatable bonds is 7. The summed E-state index contributed by atoms with van der Waals surface area (Å²) in [6.07, 6.45) is 0.608. The average molecular weight is 970 g/mol. The molecule has 3 aromatic rings. The minimum Gasteiger partial charge on any atom is -0.444 e. The van der Waals surface area contributed by atoms with Crippen molar-refractivity contribution >= 4 is 76.0 Å². The molecule has 370 valence electrons. The number of nitrogens with one attached hydrogen (secondary N) is 3. The van der Waals surface area contributed by atoms with Crippen molar-refractivity contribution in [3.63, 3.8) is 0 Å². The first-order valence-electron chi connectivity index (χ1n) is 21.4. The first-order valence-corrected chi connectivity index (χ1v) is 21.8. The molecule has 68 heavy (non-hydrogen) atoms. The molecule has 2 saturated heterocycles. The number of carbonyl (C=O) groups is 6. The van der Waals surface area contributed by atoms with E-state index >= 15 is 0 Å². The molecule has 0 spiro atoms. The number of Topliss-reactive ketones (excluding diaryl/α,β-unsaturated/α-hetero) is 1. The number of anilines is 3. The highest BCUT2D eigenvalue weighted by Gasteiger charge is 2.34. The molecule has 1 aliphatic carbocycles. The third-order valence-corrected chi connectivity index (χ3v) is 9.29. The number of nitro benzene ring substituents is 1. The standard InChI is InChI=1S/C15H19N3O5.C15H21N3O3.C10H17NO3.C5H3ClN2O2/c1-15(2,3)23-14(20)16-10-7-13(19)17(9-10)11-5-4-6-12(8-11)18(21)22;1-15(2,3)21-14(20)17-11-8-13(19)18(9-11)12-6-4-5-10(16)7-12;1-10(2,3)14-9(13)11-7-4-5-8(12)6-7;6-4-2-1-3-5(7-4)8(9)10/h4-6,8,10H,7,9H2,1-3H3,(H,16,20);4-7,11H,8-9,16H2,1-3H3,(H,17,20);7H,4-6H2,1-3H3,(H,11,13);1-3H.